The third-order valence-corrected chi connectivity index (χ3v) is 5.83. The number of hydrogen-bond donors (Lipinski definition) is 1. The third-order valence-electron chi connectivity index (χ3n) is 5.83. The standard InChI is InChI=1S/C18H26N6O/c1-22-16(3-9-20-22)15-4-13-23(14-5-15)17(25)18(6-10-19-11-7-18)24-12-2-8-21-24/h2-3,8-9,12,15,19H,4-7,10-11,13-14H2,1H3. The lowest BCUT2D eigenvalue weighted by atomic mass is 9.85. The quantitative estimate of drug-likeness (QED) is 0.907. The van der Waals surface area contributed by atoms with Gasteiger partial charge >= 0.3 is 0 Å². The number of carbonyl (C=O) groups excluding carboxylic acids is 1. The number of nitrogens with zero attached hydrogens (tertiary/aromatic N) is 5. The van der Waals surface area contributed by atoms with Gasteiger partial charge in [-0.25, -0.2) is 0 Å². The number of nitrogens with one attached hydrogen (secondary N) is 1. The largest absolute Gasteiger partial charge is 0.341 e. The highest BCUT2D eigenvalue weighted by molar-refractivity contribution is 5.84. The van der Waals surface area contributed by atoms with Crippen molar-refractivity contribution in [3.63, 3.8) is 0 Å². The van der Waals surface area contributed by atoms with Gasteiger partial charge in [0.15, 0.2) is 0 Å². The highest BCUT2D eigenvalue weighted by Gasteiger charge is 2.45. The zero-order valence-electron chi connectivity index (χ0n) is 14.8. The highest BCUT2D eigenvalue weighted by Crippen LogP contribution is 2.33. The van der Waals surface area contributed by atoms with E-state index in [4.69, 9.17) is 0 Å². The zero-order chi connectivity index (χ0) is 17.3. The average molecular weight is 342 g/mol. The number of piperidine rings is 2. The molecule has 2 aromatic heterocycles. The highest BCUT2D eigenvalue weighted by atomic mass is 16.2. The molecule has 0 bridgehead atoms. The van der Waals surface area contributed by atoms with E-state index >= 15 is 0 Å². The van der Waals surface area contributed by atoms with Crippen molar-refractivity contribution in [2.45, 2.75) is 37.1 Å². The molecule has 0 radical (unpaired) electrons. The van der Waals surface area contributed by atoms with Crippen LogP contribution in [0.2, 0.25) is 0 Å². The first kappa shape index (κ1) is 16.3. The third kappa shape index (κ3) is 2.86. The molecule has 0 atom stereocenters. The molecule has 1 N–H and O–H groups in total. The van der Waals surface area contributed by atoms with Crippen LogP contribution in [0, 0.1) is 0 Å². The Labute approximate surface area is 148 Å². The van der Waals surface area contributed by atoms with E-state index in [-0.39, 0.29) is 5.91 Å². The van der Waals surface area contributed by atoms with Gasteiger partial charge in [0.05, 0.1) is 0 Å². The fourth-order valence-corrected chi connectivity index (χ4v) is 4.36. The van der Waals surface area contributed by atoms with Crippen molar-refractivity contribution in [1.29, 1.82) is 0 Å². The molecule has 0 aromatic carbocycles. The summed E-state index contributed by atoms with van der Waals surface area (Å²) >= 11 is 0. The van der Waals surface area contributed by atoms with Gasteiger partial charge in [-0.2, -0.15) is 10.2 Å². The van der Waals surface area contributed by atoms with E-state index in [9.17, 15) is 4.79 Å². The maximum atomic E-state index is 13.5. The molecule has 134 valence electrons. The Hall–Kier alpha value is -2.15. The number of amides is 1. The van der Waals surface area contributed by atoms with E-state index < -0.39 is 5.54 Å². The van der Waals surface area contributed by atoms with Crippen LogP contribution in [0.25, 0.3) is 0 Å². The van der Waals surface area contributed by atoms with E-state index in [0.717, 1.165) is 51.9 Å². The summed E-state index contributed by atoms with van der Waals surface area (Å²) in [6.45, 7) is 3.34. The number of carbonyl (C=O) groups is 1. The molecule has 7 heteroatoms. The second-order valence-corrected chi connectivity index (χ2v) is 7.18. The van der Waals surface area contributed by atoms with E-state index in [1.807, 2.05) is 34.9 Å². The lowest BCUT2D eigenvalue weighted by Gasteiger charge is -2.42. The smallest absolute Gasteiger partial charge is 0.250 e. The number of aromatic nitrogens is 4. The number of rotatable bonds is 3. The minimum atomic E-state index is -0.520. The molecular formula is C18H26N6O. The topological polar surface area (TPSA) is 68.0 Å². The van der Waals surface area contributed by atoms with Crippen molar-refractivity contribution < 1.29 is 4.79 Å². The van der Waals surface area contributed by atoms with Crippen molar-refractivity contribution in [2.75, 3.05) is 26.2 Å². The van der Waals surface area contributed by atoms with Crippen molar-refractivity contribution >= 4 is 5.91 Å². The first-order valence-electron chi connectivity index (χ1n) is 9.19. The second kappa shape index (κ2) is 6.63. The van der Waals surface area contributed by atoms with Gasteiger partial charge in [0.1, 0.15) is 5.54 Å². The molecule has 2 aliphatic rings. The Kier molecular flexibility index (Phi) is 4.33. The Bertz CT molecular complexity index is 708. The summed E-state index contributed by atoms with van der Waals surface area (Å²) < 4.78 is 3.85. The van der Waals surface area contributed by atoms with Gasteiger partial charge in [0.2, 0.25) is 0 Å². The first-order chi connectivity index (χ1) is 12.2. The predicted octanol–water partition coefficient (Wildman–Crippen LogP) is 1.10. The zero-order valence-corrected chi connectivity index (χ0v) is 14.8. The Morgan fingerprint density at radius 1 is 1.20 bits per heavy atom. The van der Waals surface area contributed by atoms with Gasteiger partial charge < -0.3 is 10.2 Å². The van der Waals surface area contributed by atoms with Gasteiger partial charge in [-0.3, -0.25) is 14.2 Å². The Morgan fingerprint density at radius 2 is 1.96 bits per heavy atom. The fourth-order valence-electron chi connectivity index (χ4n) is 4.36. The molecule has 25 heavy (non-hydrogen) atoms. The molecule has 2 fully saturated rings. The lowest BCUT2D eigenvalue weighted by molar-refractivity contribution is -0.144. The summed E-state index contributed by atoms with van der Waals surface area (Å²) in [5.41, 5.74) is 0.754. The summed E-state index contributed by atoms with van der Waals surface area (Å²) in [6.07, 6.45) is 9.16. The molecular weight excluding hydrogens is 316 g/mol. The summed E-state index contributed by atoms with van der Waals surface area (Å²) in [7, 11) is 1.99. The Morgan fingerprint density at radius 3 is 2.56 bits per heavy atom. The van der Waals surface area contributed by atoms with Crippen LogP contribution >= 0.6 is 0 Å². The van der Waals surface area contributed by atoms with Gasteiger partial charge in [-0.15, -0.1) is 0 Å². The fraction of sp³-hybridized carbons (Fsp3) is 0.611. The van der Waals surface area contributed by atoms with E-state index in [2.05, 4.69) is 26.5 Å². The Balaban J connectivity index is 1.50. The molecule has 1 amide bonds. The molecule has 0 aliphatic carbocycles. The number of aryl methyl sites for hydroxylation is 1. The van der Waals surface area contributed by atoms with Crippen molar-refractivity contribution in [3.05, 3.63) is 36.4 Å². The molecule has 7 nitrogen and oxygen atoms in total. The van der Waals surface area contributed by atoms with Crippen LogP contribution in [0.1, 0.15) is 37.3 Å². The van der Waals surface area contributed by atoms with Crippen LogP contribution in [0.4, 0.5) is 0 Å². The molecule has 2 aromatic rings. The maximum absolute atomic E-state index is 13.5. The van der Waals surface area contributed by atoms with Gasteiger partial charge in [-0.1, -0.05) is 0 Å². The van der Waals surface area contributed by atoms with Gasteiger partial charge in [0, 0.05) is 50.3 Å². The minimum absolute atomic E-state index is 0.237. The van der Waals surface area contributed by atoms with Crippen LogP contribution < -0.4 is 5.32 Å². The predicted molar refractivity (Wildman–Crippen MR) is 94.1 cm³/mol. The van der Waals surface area contributed by atoms with Crippen LogP contribution in [-0.2, 0) is 17.4 Å². The van der Waals surface area contributed by atoms with E-state index in [0.29, 0.717) is 5.92 Å². The van der Waals surface area contributed by atoms with Crippen LogP contribution in [0.15, 0.2) is 30.7 Å². The van der Waals surface area contributed by atoms with Crippen molar-refractivity contribution in [2.24, 2.45) is 7.05 Å². The van der Waals surface area contributed by atoms with E-state index in [1.165, 1.54) is 5.69 Å². The van der Waals surface area contributed by atoms with Crippen molar-refractivity contribution in [3.8, 4) is 0 Å². The maximum Gasteiger partial charge on any atom is 0.250 e. The molecule has 4 rings (SSSR count). The van der Waals surface area contributed by atoms with Crippen molar-refractivity contribution in [1.82, 2.24) is 29.8 Å². The normalized spacial score (nSPS) is 21.4. The molecule has 0 saturated carbocycles. The molecule has 2 aliphatic heterocycles. The van der Waals surface area contributed by atoms with Gasteiger partial charge in [0.25, 0.3) is 5.91 Å². The molecule has 0 spiro atoms. The monoisotopic (exact) mass is 342 g/mol. The van der Waals surface area contributed by atoms with Gasteiger partial charge in [-0.05, 0) is 50.9 Å². The van der Waals surface area contributed by atoms with Crippen LogP contribution in [0.3, 0.4) is 0 Å². The summed E-state index contributed by atoms with van der Waals surface area (Å²) in [6, 6.07) is 4.01. The number of likely N-dealkylation sites (tertiary alicyclic amines) is 1. The molecule has 2 saturated heterocycles. The summed E-state index contributed by atoms with van der Waals surface area (Å²) in [4.78, 5) is 15.5. The van der Waals surface area contributed by atoms with Crippen LogP contribution in [0.5, 0.6) is 0 Å². The van der Waals surface area contributed by atoms with E-state index in [1.54, 1.807) is 6.20 Å². The lowest BCUT2D eigenvalue weighted by Crippen LogP contribution is -2.56. The second-order valence-electron chi connectivity index (χ2n) is 7.18. The SMILES string of the molecule is Cn1nccc1C1CCN(C(=O)C2(n3cccn3)CCNCC2)CC1. The first-order valence-corrected chi connectivity index (χ1v) is 9.19. The molecule has 0 unspecified atom stereocenters. The molecule has 4 heterocycles. The summed E-state index contributed by atoms with van der Waals surface area (Å²) in [5.74, 6) is 0.728. The number of hydrogen-bond acceptors (Lipinski definition) is 4. The summed E-state index contributed by atoms with van der Waals surface area (Å²) in [5, 5.41) is 12.1. The minimum Gasteiger partial charge on any atom is -0.341 e. The average Bonchev–Trinajstić information content (AvgIpc) is 3.34. The van der Waals surface area contributed by atoms with Crippen LogP contribution in [-0.4, -0.2) is 56.5 Å².